The van der Waals surface area contributed by atoms with E-state index in [1.807, 2.05) is 0 Å². The summed E-state index contributed by atoms with van der Waals surface area (Å²) in [7, 11) is -2.14. The molecule has 0 aliphatic rings. The van der Waals surface area contributed by atoms with Gasteiger partial charge in [-0.25, -0.2) is 17.1 Å². The zero-order chi connectivity index (χ0) is 14.6. The summed E-state index contributed by atoms with van der Waals surface area (Å²) in [6, 6.07) is 2.45. The van der Waals surface area contributed by atoms with Crippen LogP contribution >= 0.6 is 0 Å². The molecule has 0 bridgehead atoms. The van der Waals surface area contributed by atoms with Gasteiger partial charge in [0, 0.05) is 13.6 Å². The molecule has 106 valence electrons. The van der Waals surface area contributed by atoms with Gasteiger partial charge in [-0.3, -0.25) is 0 Å². The summed E-state index contributed by atoms with van der Waals surface area (Å²) in [5, 5.41) is 0. The number of aryl methyl sites for hydroxylation is 1. The number of nitrogens with zero attached hydrogens (tertiary/aromatic N) is 1. The summed E-state index contributed by atoms with van der Waals surface area (Å²) in [6.07, 6.45) is 3.17. The van der Waals surface area contributed by atoms with E-state index in [1.165, 1.54) is 24.3 Å². The van der Waals surface area contributed by atoms with E-state index < -0.39 is 15.8 Å². The summed E-state index contributed by atoms with van der Waals surface area (Å²) in [6.45, 7) is 5.45. The van der Waals surface area contributed by atoms with Gasteiger partial charge in [-0.15, -0.1) is 6.58 Å². The van der Waals surface area contributed by atoms with Gasteiger partial charge in [0.1, 0.15) is 5.82 Å². The topological polar surface area (TPSA) is 63.4 Å². The molecule has 6 heteroatoms. The van der Waals surface area contributed by atoms with Crippen LogP contribution in [0.3, 0.4) is 0 Å². The standard InChI is InChI=1S/C13H19FN2O2S/c1-4-5-6-7-16(3)19(17,18)11-8-10(2)13(14)12(15)9-11/h4,8-9H,1,5-7,15H2,2-3H3. The van der Waals surface area contributed by atoms with Gasteiger partial charge < -0.3 is 5.73 Å². The average molecular weight is 286 g/mol. The van der Waals surface area contributed by atoms with Crippen LogP contribution in [-0.2, 0) is 10.0 Å². The number of rotatable bonds is 6. The van der Waals surface area contributed by atoms with Crippen LogP contribution in [0.15, 0.2) is 29.7 Å². The Morgan fingerprint density at radius 3 is 2.63 bits per heavy atom. The van der Waals surface area contributed by atoms with Crippen molar-refractivity contribution in [2.24, 2.45) is 0 Å². The maximum atomic E-state index is 13.4. The molecule has 0 saturated heterocycles. The lowest BCUT2D eigenvalue weighted by molar-refractivity contribution is 0.462. The van der Waals surface area contributed by atoms with Crippen LogP contribution < -0.4 is 5.73 Å². The molecule has 0 unspecified atom stereocenters. The molecule has 0 saturated carbocycles. The van der Waals surface area contributed by atoms with Gasteiger partial charge in [-0.05, 0) is 37.5 Å². The van der Waals surface area contributed by atoms with Crippen molar-refractivity contribution in [1.82, 2.24) is 4.31 Å². The van der Waals surface area contributed by atoms with Gasteiger partial charge in [-0.2, -0.15) is 0 Å². The second-order valence-corrected chi connectivity index (χ2v) is 6.45. The van der Waals surface area contributed by atoms with Crippen molar-refractivity contribution in [2.75, 3.05) is 19.3 Å². The van der Waals surface area contributed by atoms with Crippen molar-refractivity contribution in [2.45, 2.75) is 24.7 Å². The minimum atomic E-state index is -3.63. The van der Waals surface area contributed by atoms with Gasteiger partial charge in [0.25, 0.3) is 0 Å². The molecule has 1 aromatic carbocycles. The van der Waals surface area contributed by atoms with Crippen molar-refractivity contribution >= 4 is 15.7 Å². The normalized spacial score (nSPS) is 11.8. The Morgan fingerprint density at radius 2 is 2.11 bits per heavy atom. The summed E-state index contributed by atoms with van der Waals surface area (Å²) in [4.78, 5) is 0.0185. The molecular weight excluding hydrogens is 267 g/mol. The molecule has 1 rings (SSSR count). The second kappa shape index (κ2) is 6.16. The Kier molecular flexibility index (Phi) is 5.08. The minimum Gasteiger partial charge on any atom is -0.396 e. The highest BCUT2D eigenvalue weighted by atomic mass is 32.2. The van der Waals surface area contributed by atoms with Gasteiger partial charge in [0.15, 0.2) is 0 Å². The maximum absolute atomic E-state index is 13.4. The van der Waals surface area contributed by atoms with Crippen LogP contribution in [0.25, 0.3) is 0 Å². The number of hydrogen-bond donors (Lipinski definition) is 1. The van der Waals surface area contributed by atoms with E-state index in [1.54, 1.807) is 6.08 Å². The fourth-order valence-corrected chi connectivity index (χ4v) is 3.00. The predicted molar refractivity (Wildman–Crippen MR) is 74.8 cm³/mol. The lowest BCUT2D eigenvalue weighted by Crippen LogP contribution is -2.28. The molecule has 1 aromatic rings. The van der Waals surface area contributed by atoms with Crippen LogP contribution in [-0.4, -0.2) is 26.3 Å². The van der Waals surface area contributed by atoms with Crippen LogP contribution in [0.4, 0.5) is 10.1 Å². The Hall–Kier alpha value is -1.40. The van der Waals surface area contributed by atoms with Crippen LogP contribution in [0.2, 0.25) is 0 Å². The first-order valence-electron chi connectivity index (χ1n) is 5.93. The molecule has 0 spiro atoms. The number of benzene rings is 1. The number of sulfonamides is 1. The van der Waals surface area contributed by atoms with Crippen molar-refractivity contribution in [3.8, 4) is 0 Å². The van der Waals surface area contributed by atoms with Crippen molar-refractivity contribution in [1.29, 1.82) is 0 Å². The Morgan fingerprint density at radius 1 is 1.47 bits per heavy atom. The second-order valence-electron chi connectivity index (χ2n) is 4.40. The summed E-state index contributed by atoms with van der Waals surface area (Å²) < 4.78 is 39.2. The van der Waals surface area contributed by atoms with E-state index in [-0.39, 0.29) is 16.1 Å². The fraction of sp³-hybridized carbons (Fsp3) is 0.385. The Balaban J connectivity index is 3.03. The maximum Gasteiger partial charge on any atom is 0.242 e. The lowest BCUT2D eigenvalue weighted by Gasteiger charge is -2.17. The van der Waals surface area contributed by atoms with Gasteiger partial charge in [0.05, 0.1) is 10.6 Å². The van der Waals surface area contributed by atoms with Crippen molar-refractivity contribution < 1.29 is 12.8 Å². The number of allylic oxidation sites excluding steroid dienone is 1. The highest BCUT2D eigenvalue weighted by Gasteiger charge is 2.22. The molecule has 0 fully saturated rings. The van der Waals surface area contributed by atoms with E-state index >= 15 is 0 Å². The quantitative estimate of drug-likeness (QED) is 0.496. The molecule has 0 aliphatic carbocycles. The number of unbranched alkanes of at least 4 members (excludes halogenated alkanes) is 1. The molecular formula is C13H19FN2O2S. The number of nitrogen functional groups attached to an aromatic ring is 1. The third-order valence-corrected chi connectivity index (χ3v) is 4.68. The zero-order valence-corrected chi connectivity index (χ0v) is 12.0. The smallest absolute Gasteiger partial charge is 0.242 e. The van der Waals surface area contributed by atoms with E-state index in [0.717, 1.165) is 12.5 Å². The fourth-order valence-electron chi connectivity index (χ4n) is 1.67. The molecule has 2 N–H and O–H groups in total. The van der Waals surface area contributed by atoms with Crippen molar-refractivity contribution in [3.63, 3.8) is 0 Å². The summed E-state index contributed by atoms with van der Waals surface area (Å²) >= 11 is 0. The van der Waals surface area contributed by atoms with Crippen LogP contribution in [0.5, 0.6) is 0 Å². The van der Waals surface area contributed by atoms with Gasteiger partial charge in [-0.1, -0.05) is 6.08 Å². The molecule has 0 amide bonds. The third kappa shape index (κ3) is 3.54. The molecule has 19 heavy (non-hydrogen) atoms. The molecule has 0 aromatic heterocycles. The minimum absolute atomic E-state index is 0.0185. The zero-order valence-electron chi connectivity index (χ0n) is 11.2. The third-order valence-electron chi connectivity index (χ3n) is 2.85. The molecule has 0 heterocycles. The van der Waals surface area contributed by atoms with Crippen LogP contribution in [0, 0.1) is 12.7 Å². The number of anilines is 1. The van der Waals surface area contributed by atoms with Gasteiger partial charge >= 0.3 is 0 Å². The lowest BCUT2D eigenvalue weighted by atomic mass is 10.2. The SMILES string of the molecule is C=CCCCN(C)S(=O)(=O)c1cc(C)c(F)c(N)c1. The van der Waals surface area contributed by atoms with E-state index in [9.17, 15) is 12.8 Å². The van der Waals surface area contributed by atoms with Crippen molar-refractivity contribution in [3.05, 3.63) is 36.2 Å². The summed E-state index contributed by atoms with van der Waals surface area (Å²) in [5.41, 5.74) is 5.53. The highest BCUT2D eigenvalue weighted by Crippen LogP contribution is 2.23. The predicted octanol–water partition coefficient (Wildman–Crippen LogP) is 2.30. The highest BCUT2D eigenvalue weighted by molar-refractivity contribution is 7.89. The Bertz CT molecular complexity index is 547. The number of hydrogen-bond acceptors (Lipinski definition) is 3. The van der Waals surface area contributed by atoms with E-state index in [4.69, 9.17) is 5.73 Å². The molecule has 4 nitrogen and oxygen atoms in total. The molecule has 0 atom stereocenters. The van der Waals surface area contributed by atoms with E-state index in [2.05, 4.69) is 6.58 Å². The van der Waals surface area contributed by atoms with Gasteiger partial charge in [0.2, 0.25) is 10.0 Å². The summed E-state index contributed by atoms with van der Waals surface area (Å²) in [5.74, 6) is -0.576. The first-order chi connectivity index (χ1) is 8.80. The largest absolute Gasteiger partial charge is 0.396 e. The van der Waals surface area contributed by atoms with E-state index in [0.29, 0.717) is 13.0 Å². The van der Waals surface area contributed by atoms with Crippen LogP contribution in [0.1, 0.15) is 18.4 Å². The molecule has 0 radical (unpaired) electrons. The number of nitrogens with two attached hydrogens (primary N) is 1. The number of halogens is 1. The molecule has 0 aliphatic heterocycles. The first-order valence-corrected chi connectivity index (χ1v) is 7.37. The monoisotopic (exact) mass is 286 g/mol. The average Bonchev–Trinajstić information content (AvgIpc) is 2.35. The Labute approximate surface area is 113 Å². The first kappa shape index (κ1) is 15.7.